The zero-order valence-corrected chi connectivity index (χ0v) is 12.3. The fourth-order valence-electron chi connectivity index (χ4n) is 1.94. The summed E-state index contributed by atoms with van der Waals surface area (Å²) in [4.78, 5) is 3.54. The van der Waals surface area contributed by atoms with Crippen molar-refractivity contribution in [2.75, 3.05) is 12.3 Å². The maximum absolute atomic E-state index is 12.0. The number of pyridine rings is 1. The predicted octanol–water partition coefficient (Wildman–Crippen LogP) is 0.590. The molecule has 1 N–H and O–H groups in total. The molecule has 1 aliphatic heterocycles. The molecule has 0 saturated carbocycles. The molecule has 0 bridgehead atoms. The number of rotatable bonds is 4. The summed E-state index contributed by atoms with van der Waals surface area (Å²) < 4.78 is 49.5. The van der Waals surface area contributed by atoms with Crippen molar-refractivity contribution in [3.8, 4) is 0 Å². The SMILES string of the molecule is O=S(=O)(NCC1CCCS1(=O)=O)c1cccnc1Cl. The molecule has 1 aliphatic rings. The quantitative estimate of drug-likeness (QED) is 0.818. The monoisotopic (exact) mass is 324 g/mol. The normalized spacial score (nSPS) is 22.5. The summed E-state index contributed by atoms with van der Waals surface area (Å²) in [6.45, 7) is -0.129. The molecule has 0 radical (unpaired) electrons. The minimum absolute atomic E-state index is 0.118. The van der Waals surface area contributed by atoms with Gasteiger partial charge in [0.25, 0.3) is 0 Å². The van der Waals surface area contributed by atoms with Crippen molar-refractivity contribution >= 4 is 31.5 Å². The summed E-state index contributed by atoms with van der Waals surface area (Å²) in [6.07, 6.45) is 2.43. The van der Waals surface area contributed by atoms with Gasteiger partial charge >= 0.3 is 0 Å². The van der Waals surface area contributed by atoms with Crippen LogP contribution in [0.5, 0.6) is 0 Å². The van der Waals surface area contributed by atoms with Gasteiger partial charge in [-0.25, -0.2) is 26.5 Å². The first-order chi connectivity index (χ1) is 8.83. The van der Waals surface area contributed by atoms with Crippen LogP contribution in [0.4, 0.5) is 0 Å². The molecule has 1 unspecified atom stereocenters. The highest BCUT2D eigenvalue weighted by Crippen LogP contribution is 2.21. The molecule has 6 nitrogen and oxygen atoms in total. The first-order valence-corrected chi connectivity index (χ1v) is 9.22. The van der Waals surface area contributed by atoms with Crippen molar-refractivity contribution in [3.63, 3.8) is 0 Å². The van der Waals surface area contributed by atoms with E-state index in [9.17, 15) is 16.8 Å². The Morgan fingerprint density at radius 2 is 2.21 bits per heavy atom. The van der Waals surface area contributed by atoms with E-state index in [0.717, 1.165) is 0 Å². The maximum atomic E-state index is 12.0. The summed E-state index contributed by atoms with van der Waals surface area (Å²) >= 11 is 5.71. The van der Waals surface area contributed by atoms with Gasteiger partial charge in [-0.15, -0.1) is 0 Å². The van der Waals surface area contributed by atoms with Crippen molar-refractivity contribution in [1.82, 2.24) is 9.71 Å². The highest BCUT2D eigenvalue weighted by atomic mass is 35.5. The van der Waals surface area contributed by atoms with Gasteiger partial charge in [0.2, 0.25) is 10.0 Å². The third kappa shape index (κ3) is 3.25. The Morgan fingerprint density at radius 1 is 1.47 bits per heavy atom. The second-order valence-electron chi connectivity index (χ2n) is 4.28. The average molecular weight is 325 g/mol. The molecule has 2 heterocycles. The summed E-state index contributed by atoms with van der Waals surface area (Å²) in [5.74, 6) is 0.118. The fraction of sp³-hybridized carbons (Fsp3) is 0.500. The second kappa shape index (κ2) is 5.35. The van der Waals surface area contributed by atoms with Gasteiger partial charge in [0.15, 0.2) is 9.84 Å². The minimum Gasteiger partial charge on any atom is -0.243 e. The molecule has 106 valence electrons. The molecule has 19 heavy (non-hydrogen) atoms. The number of aromatic nitrogens is 1. The van der Waals surface area contributed by atoms with Crippen molar-refractivity contribution in [2.45, 2.75) is 23.0 Å². The predicted molar refractivity (Wildman–Crippen MR) is 71.2 cm³/mol. The van der Waals surface area contributed by atoms with E-state index in [-0.39, 0.29) is 22.3 Å². The minimum atomic E-state index is -3.84. The molecule has 1 fully saturated rings. The zero-order valence-electron chi connectivity index (χ0n) is 9.91. The maximum Gasteiger partial charge on any atom is 0.243 e. The molecule has 1 atom stereocenters. The summed E-state index contributed by atoms with van der Waals surface area (Å²) in [7, 11) is -7.01. The van der Waals surface area contributed by atoms with Crippen molar-refractivity contribution in [2.24, 2.45) is 0 Å². The second-order valence-corrected chi connectivity index (χ2v) is 8.77. The van der Waals surface area contributed by atoms with Crippen LogP contribution in [0.1, 0.15) is 12.8 Å². The highest BCUT2D eigenvalue weighted by Gasteiger charge is 2.32. The molecule has 9 heteroatoms. The fourth-order valence-corrected chi connectivity index (χ4v) is 5.34. The highest BCUT2D eigenvalue weighted by molar-refractivity contribution is 7.92. The van der Waals surface area contributed by atoms with Gasteiger partial charge in [-0.2, -0.15) is 0 Å². The molecule has 0 spiro atoms. The Kier molecular flexibility index (Phi) is 4.14. The Labute approximate surface area is 117 Å². The third-order valence-electron chi connectivity index (χ3n) is 2.98. The van der Waals surface area contributed by atoms with Crippen molar-refractivity contribution in [3.05, 3.63) is 23.5 Å². The summed E-state index contributed by atoms with van der Waals surface area (Å²) in [5.41, 5.74) is 0. The smallest absolute Gasteiger partial charge is 0.243 e. The number of hydrogen-bond donors (Lipinski definition) is 1. The van der Waals surface area contributed by atoms with Gasteiger partial charge in [-0.05, 0) is 25.0 Å². The number of nitrogens with zero attached hydrogens (tertiary/aromatic N) is 1. The lowest BCUT2D eigenvalue weighted by molar-refractivity contribution is 0.570. The van der Waals surface area contributed by atoms with Crippen LogP contribution in [0.25, 0.3) is 0 Å². The van der Waals surface area contributed by atoms with Crippen molar-refractivity contribution < 1.29 is 16.8 Å². The number of nitrogens with one attached hydrogen (secondary N) is 1. The van der Waals surface area contributed by atoms with E-state index in [1.54, 1.807) is 0 Å². The zero-order chi connectivity index (χ0) is 14.1. The van der Waals surface area contributed by atoms with Crippen LogP contribution in [-0.2, 0) is 19.9 Å². The Bertz CT molecular complexity index is 673. The van der Waals surface area contributed by atoms with Crippen LogP contribution in [0.2, 0.25) is 5.15 Å². The number of sulfonamides is 1. The lowest BCUT2D eigenvalue weighted by Crippen LogP contribution is -2.34. The van der Waals surface area contributed by atoms with Crippen molar-refractivity contribution in [1.29, 1.82) is 0 Å². The lowest BCUT2D eigenvalue weighted by atomic mass is 10.2. The van der Waals surface area contributed by atoms with E-state index in [1.807, 2.05) is 0 Å². The number of sulfone groups is 1. The summed E-state index contributed by atoms with van der Waals surface area (Å²) in [6, 6.07) is 2.77. The first-order valence-electron chi connectivity index (χ1n) is 5.65. The van der Waals surface area contributed by atoms with Crippen LogP contribution in [0.15, 0.2) is 23.2 Å². The van der Waals surface area contributed by atoms with E-state index >= 15 is 0 Å². The Morgan fingerprint density at radius 3 is 2.79 bits per heavy atom. The third-order valence-corrected chi connectivity index (χ3v) is 7.12. The molecule has 1 saturated heterocycles. The molecule has 1 aromatic rings. The van der Waals surface area contributed by atoms with Gasteiger partial charge in [0.05, 0.1) is 11.0 Å². The average Bonchev–Trinajstić information content (AvgIpc) is 2.66. The molecule has 0 aromatic carbocycles. The van der Waals surface area contributed by atoms with Crippen LogP contribution >= 0.6 is 11.6 Å². The van der Waals surface area contributed by atoms with Crippen LogP contribution in [0.3, 0.4) is 0 Å². The lowest BCUT2D eigenvalue weighted by Gasteiger charge is -2.11. The molecule has 2 rings (SSSR count). The van der Waals surface area contributed by atoms with Gasteiger partial charge in [-0.3, -0.25) is 0 Å². The standard InChI is InChI=1S/C10H13ClN2O4S2/c11-10-9(4-1-5-12-10)19(16,17)13-7-8-3-2-6-18(8,14)15/h1,4-5,8,13H,2-3,6-7H2. The van der Waals surface area contributed by atoms with Crippen LogP contribution < -0.4 is 4.72 Å². The molecule has 1 aromatic heterocycles. The van der Waals surface area contributed by atoms with Gasteiger partial charge in [-0.1, -0.05) is 11.6 Å². The van der Waals surface area contributed by atoms with Gasteiger partial charge < -0.3 is 0 Å². The Hall–Kier alpha value is -0.700. The largest absolute Gasteiger partial charge is 0.243 e. The molecule has 0 amide bonds. The van der Waals surface area contributed by atoms with E-state index in [0.29, 0.717) is 12.8 Å². The van der Waals surface area contributed by atoms with Gasteiger partial charge in [0.1, 0.15) is 10.0 Å². The first kappa shape index (κ1) is 14.7. The van der Waals surface area contributed by atoms with Crippen LogP contribution in [0, 0.1) is 0 Å². The van der Waals surface area contributed by atoms with E-state index < -0.39 is 25.1 Å². The van der Waals surface area contributed by atoms with E-state index in [1.165, 1.54) is 18.3 Å². The Balaban J connectivity index is 2.13. The van der Waals surface area contributed by atoms with E-state index in [2.05, 4.69) is 9.71 Å². The number of hydrogen-bond acceptors (Lipinski definition) is 5. The summed E-state index contributed by atoms with van der Waals surface area (Å²) in [5, 5.41) is -0.790. The van der Waals surface area contributed by atoms with Gasteiger partial charge in [0, 0.05) is 12.7 Å². The molecule has 0 aliphatic carbocycles. The molecular formula is C10H13ClN2O4S2. The number of halogens is 1. The van der Waals surface area contributed by atoms with E-state index in [4.69, 9.17) is 11.6 Å². The topological polar surface area (TPSA) is 93.2 Å². The van der Waals surface area contributed by atoms with Crippen LogP contribution in [-0.4, -0.2) is 39.4 Å². The molecular weight excluding hydrogens is 312 g/mol.